The van der Waals surface area contributed by atoms with Gasteiger partial charge in [-0.15, -0.1) is 0 Å². The summed E-state index contributed by atoms with van der Waals surface area (Å²) in [5.74, 6) is 0.597. The van der Waals surface area contributed by atoms with Crippen molar-refractivity contribution < 1.29 is 0 Å². The lowest BCUT2D eigenvalue weighted by atomic mass is 9.99. The van der Waals surface area contributed by atoms with Gasteiger partial charge in [-0.2, -0.15) is 0 Å². The van der Waals surface area contributed by atoms with Gasteiger partial charge in [0.25, 0.3) is 0 Å². The normalized spacial score (nSPS) is 23.7. The quantitative estimate of drug-likeness (QED) is 0.706. The summed E-state index contributed by atoms with van der Waals surface area (Å²) in [7, 11) is 2.22. The number of rotatable bonds is 5. The second-order valence-corrected chi connectivity index (χ2v) is 5.10. The predicted octanol–water partition coefficient (Wildman–Crippen LogP) is 2.40. The molecule has 0 bridgehead atoms. The van der Waals surface area contributed by atoms with Crippen LogP contribution < -0.4 is 5.73 Å². The van der Waals surface area contributed by atoms with Gasteiger partial charge in [0.05, 0.1) is 0 Å². The van der Waals surface area contributed by atoms with E-state index in [0.717, 1.165) is 13.0 Å². The second-order valence-electron chi connectivity index (χ2n) is 5.10. The summed E-state index contributed by atoms with van der Waals surface area (Å²) in [6.07, 6.45) is 9.68. The summed E-state index contributed by atoms with van der Waals surface area (Å²) in [6, 6.07) is 0.998. The van der Waals surface area contributed by atoms with Crippen molar-refractivity contribution in [3.8, 4) is 0 Å². The van der Waals surface area contributed by atoms with Crippen molar-refractivity contribution in [2.24, 2.45) is 11.7 Å². The van der Waals surface area contributed by atoms with Gasteiger partial charge in [-0.05, 0) is 45.2 Å². The van der Waals surface area contributed by atoms with Gasteiger partial charge in [0.1, 0.15) is 0 Å². The Balaban J connectivity index is 2.25. The van der Waals surface area contributed by atoms with Crippen molar-refractivity contribution in [3.05, 3.63) is 12.2 Å². The van der Waals surface area contributed by atoms with Gasteiger partial charge in [-0.25, -0.2) is 0 Å². The minimum Gasteiger partial charge on any atom is -0.327 e. The smallest absolute Gasteiger partial charge is 0.0275 e. The lowest BCUT2D eigenvalue weighted by Crippen LogP contribution is -2.36. The van der Waals surface area contributed by atoms with Crippen LogP contribution in [0.3, 0.4) is 0 Å². The van der Waals surface area contributed by atoms with Crippen LogP contribution in [-0.4, -0.2) is 30.6 Å². The van der Waals surface area contributed by atoms with E-state index in [1.165, 1.54) is 19.3 Å². The summed E-state index contributed by atoms with van der Waals surface area (Å²) >= 11 is 0. The summed E-state index contributed by atoms with van der Waals surface area (Å²) in [4.78, 5) is 2.44. The maximum atomic E-state index is 6.05. The van der Waals surface area contributed by atoms with Crippen LogP contribution in [0.15, 0.2) is 12.2 Å². The summed E-state index contributed by atoms with van der Waals surface area (Å²) in [5.41, 5.74) is 6.05. The lowest BCUT2D eigenvalue weighted by molar-refractivity contribution is 0.244. The maximum absolute atomic E-state index is 6.05. The van der Waals surface area contributed by atoms with Crippen molar-refractivity contribution in [1.82, 2.24) is 4.90 Å². The van der Waals surface area contributed by atoms with Gasteiger partial charge in [0.2, 0.25) is 0 Å². The van der Waals surface area contributed by atoms with Gasteiger partial charge in [0.15, 0.2) is 0 Å². The molecule has 2 N–H and O–H groups in total. The summed E-state index contributed by atoms with van der Waals surface area (Å²) in [5, 5.41) is 0. The molecule has 0 heterocycles. The number of nitrogens with zero attached hydrogens (tertiary/aromatic N) is 1. The van der Waals surface area contributed by atoms with Crippen LogP contribution in [0.2, 0.25) is 0 Å². The standard InChI is InChI=1S/C13H26N2/c1-11(2)13(14)9-10-15(3)12-7-5-4-6-8-12/h5,7,11-13H,4,6,8-10,14H2,1-3H3. The third-order valence-corrected chi connectivity index (χ3v) is 3.47. The third-order valence-electron chi connectivity index (χ3n) is 3.47. The Kier molecular flexibility index (Phi) is 5.34. The molecule has 0 amide bonds. The number of nitrogens with two attached hydrogens (primary N) is 1. The van der Waals surface area contributed by atoms with E-state index in [9.17, 15) is 0 Å². The highest BCUT2D eigenvalue weighted by molar-refractivity contribution is 4.97. The van der Waals surface area contributed by atoms with Gasteiger partial charge in [0, 0.05) is 12.1 Å². The first-order valence-electron chi connectivity index (χ1n) is 6.23. The van der Waals surface area contributed by atoms with Crippen LogP contribution in [0.5, 0.6) is 0 Å². The molecule has 15 heavy (non-hydrogen) atoms. The van der Waals surface area contributed by atoms with E-state index in [0.29, 0.717) is 18.0 Å². The molecule has 0 saturated carbocycles. The molecule has 0 fully saturated rings. The van der Waals surface area contributed by atoms with Crippen LogP contribution in [0, 0.1) is 5.92 Å². The molecular weight excluding hydrogens is 184 g/mol. The molecule has 2 heteroatoms. The van der Waals surface area contributed by atoms with E-state index >= 15 is 0 Å². The Morgan fingerprint density at radius 2 is 2.20 bits per heavy atom. The van der Waals surface area contributed by atoms with Gasteiger partial charge in [-0.3, -0.25) is 4.90 Å². The van der Waals surface area contributed by atoms with Gasteiger partial charge < -0.3 is 5.73 Å². The van der Waals surface area contributed by atoms with Crippen LogP contribution in [0.4, 0.5) is 0 Å². The van der Waals surface area contributed by atoms with E-state index in [-0.39, 0.29) is 0 Å². The molecule has 0 aromatic heterocycles. The lowest BCUT2D eigenvalue weighted by Gasteiger charge is -2.29. The Morgan fingerprint density at radius 1 is 1.47 bits per heavy atom. The molecule has 0 spiro atoms. The Labute approximate surface area is 94.5 Å². The number of likely N-dealkylation sites (N-methyl/N-ethyl adjacent to an activating group) is 1. The largest absolute Gasteiger partial charge is 0.327 e. The average molecular weight is 210 g/mol. The van der Waals surface area contributed by atoms with Crippen LogP contribution in [-0.2, 0) is 0 Å². The van der Waals surface area contributed by atoms with E-state index in [4.69, 9.17) is 5.73 Å². The SMILES string of the molecule is CC(C)C(N)CCN(C)C1C=CCCC1. The first-order chi connectivity index (χ1) is 7.11. The summed E-state index contributed by atoms with van der Waals surface area (Å²) in [6.45, 7) is 5.52. The highest BCUT2D eigenvalue weighted by atomic mass is 15.1. The number of allylic oxidation sites excluding steroid dienone is 1. The molecular formula is C13H26N2. The summed E-state index contributed by atoms with van der Waals surface area (Å²) < 4.78 is 0. The zero-order valence-electron chi connectivity index (χ0n) is 10.4. The van der Waals surface area contributed by atoms with Crippen LogP contribution >= 0.6 is 0 Å². The molecule has 2 unspecified atom stereocenters. The van der Waals surface area contributed by atoms with Gasteiger partial charge in [-0.1, -0.05) is 26.0 Å². The number of hydrogen-bond acceptors (Lipinski definition) is 2. The zero-order valence-corrected chi connectivity index (χ0v) is 10.4. The third kappa shape index (κ3) is 4.35. The zero-order chi connectivity index (χ0) is 11.3. The minimum absolute atomic E-state index is 0.347. The van der Waals surface area contributed by atoms with Crippen molar-refractivity contribution in [1.29, 1.82) is 0 Å². The van der Waals surface area contributed by atoms with Crippen molar-refractivity contribution >= 4 is 0 Å². The number of hydrogen-bond donors (Lipinski definition) is 1. The fraction of sp³-hybridized carbons (Fsp3) is 0.846. The molecule has 0 saturated heterocycles. The van der Waals surface area contributed by atoms with Crippen molar-refractivity contribution in [2.45, 2.75) is 51.6 Å². The van der Waals surface area contributed by atoms with E-state index in [1.807, 2.05) is 0 Å². The second kappa shape index (κ2) is 6.29. The maximum Gasteiger partial charge on any atom is 0.0275 e. The van der Waals surface area contributed by atoms with Crippen LogP contribution in [0.1, 0.15) is 39.5 Å². The molecule has 1 aliphatic carbocycles. The molecule has 2 atom stereocenters. The first kappa shape index (κ1) is 12.7. The average Bonchev–Trinajstić information content (AvgIpc) is 2.26. The van der Waals surface area contributed by atoms with Crippen LogP contribution in [0.25, 0.3) is 0 Å². The fourth-order valence-electron chi connectivity index (χ4n) is 2.01. The van der Waals surface area contributed by atoms with Gasteiger partial charge >= 0.3 is 0 Å². The highest BCUT2D eigenvalue weighted by Crippen LogP contribution is 2.16. The minimum atomic E-state index is 0.347. The Hall–Kier alpha value is -0.340. The molecule has 88 valence electrons. The van der Waals surface area contributed by atoms with Crippen molar-refractivity contribution in [3.63, 3.8) is 0 Å². The molecule has 0 aliphatic heterocycles. The molecule has 0 aromatic carbocycles. The predicted molar refractivity (Wildman–Crippen MR) is 66.8 cm³/mol. The molecule has 1 rings (SSSR count). The molecule has 0 radical (unpaired) electrons. The molecule has 0 aromatic rings. The monoisotopic (exact) mass is 210 g/mol. The van der Waals surface area contributed by atoms with Crippen molar-refractivity contribution in [2.75, 3.05) is 13.6 Å². The van der Waals surface area contributed by atoms with E-state index in [2.05, 4.69) is 37.9 Å². The fourth-order valence-corrected chi connectivity index (χ4v) is 2.01. The molecule has 2 nitrogen and oxygen atoms in total. The highest BCUT2D eigenvalue weighted by Gasteiger charge is 2.15. The topological polar surface area (TPSA) is 29.3 Å². The first-order valence-corrected chi connectivity index (χ1v) is 6.23. The Bertz CT molecular complexity index is 199. The van der Waals surface area contributed by atoms with E-state index in [1.54, 1.807) is 0 Å². The van der Waals surface area contributed by atoms with E-state index < -0.39 is 0 Å². The Morgan fingerprint density at radius 3 is 2.73 bits per heavy atom. The molecule has 1 aliphatic rings.